The Morgan fingerprint density at radius 2 is 1.76 bits per heavy atom. The number of methoxy groups -OCH3 is 2. The van der Waals surface area contributed by atoms with Gasteiger partial charge in [0, 0.05) is 43.2 Å². The SMILES string of the molecule is C=CC(O)N[C@H]1COC[C@H]1Nc1cc2c(N3CC4(CCOCC4)C3)nc(-c3c(Cl)c(OC)cc(OC)c3Cl)nc2cn1. The normalized spacial score (nSPS) is 22.2. The van der Waals surface area contributed by atoms with Crippen molar-refractivity contribution in [2.45, 2.75) is 31.2 Å². The molecular weight excluding hydrogens is 583 g/mol. The highest BCUT2D eigenvalue weighted by atomic mass is 35.5. The lowest BCUT2D eigenvalue weighted by Crippen LogP contribution is -2.59. The minimum absolute atomic E-state index is 0.107. The fraction of sp³-hybridized carbons (Fsp3) is 0.483. The van der Waals surface area contributed by atoms with E-state index in [0.717, 1.165) is 50.3 Å². The molecule has 0 amide bonds. The summed E-state index contributed by atoms with van der Waals surface area (Å²) in [6.07, 6.45) is 4.36. The second-order valence-electron chi connectivity index (χ2n) is 11.0. The van der Waals surface area contributed by atoms with E-state index in [1.165, 1.54) is 20.3 Å². The fourth-order valence-corrected chi connectivity index (χ4v) is 6.57. The van der Waals surface area contributed by atoms with Crippen LogP contribution in [0, 0.1) is 5.41 Å². The molecule has 11 nitrogen and oxygen atoms in total. The van der Waals surface area contributed by atoms with E-state index >= 15 is 0 Å². The first-order valence-electron chi connectivity index (χ1n) is 13.9. The highest BCUT2D eigenvalue weighted by Crippen LogP contribution is 2.47. The number of benzene rings is 1. The topological polar surface area (TPSA) is 123 Å². The third-order valence-electron chi connectivity index (χ3n) is 8.29. The zero-order chi connectivity index (χ0) is 29.4. The van der Waals surface area contributed by atoms with Gasteiger partial charge >= 0.3 is 0 Å². The van der Waals surface area contributed by atoms with Crippen LogP contribution >= 0.6 is 23.2 Å². The molecule has 1 spiro atoms. The highest BCUT2D eigenvalue weighted by Gasteiger charge is 2.45. The number of nitrogens with one attached hydrogen (secondary N) is 2. The van der Waals surface area contributed by atoms with Crippen LogP contribution in [0.15, 0.2) is 31.0 Å². The molecular formula is C29H34Cl2N6O5. The van der Waals surface area contributed by atoms with E-state index in [1.54, 1.807) is 12.3 Å². The van der Waals surface area contributed by atoms with Gasteiger partial charge in [0.25, 0.3) is 0 Å². The quantitative estimate of drug-likeness (QED) is 0.239. The Labute approximate surface area is 254 Å². The monoisotopic (exact) mass is 616 g/mol. The van der Waals surface area contributed by atoms with Gasteiger partial charge < -0.3 is 34.3 Å². The summed E-state index contributed by atoms with van der Waals surface area (Å²) in [6.45, 7) is 7.82. The maximum absolute atomic E-state index is 10.0. The Morgan fingerprint density at radius 1 is 1.07 bits per heavy atom. The minimum atomic E-state index is -0.832. The standard InChI is InChI=1S/C29H34Cl2N6O5/c1-4-23(38)34-19-13-42-12-18(19)33-22-9-16-17(11-32-22)35-27(24-25(30)20(39-2)10-21(40-3)26(24)31)36-28(16)37-14-29(15-37)5-7-41-8-6-29/h4,9-11,18-19,23,34,38H,1,5-8,12-15H2,2-3H3,(H,32,33)/t18-,19+,23?/m1/s1. The molecule has 0 bridgehead atoms. The van der Waals surface area contributed by atoms with Crippen LogP contribution in [0.2, 0.25) is 10.0 Å². The Bertz CT molecular complexity index is 1450. The molecule has 3 saturated heterocycles. The third-order valence-corrected chi connectivity index (χ3v) is 9.04. The molecule has 1 aromatic carbocycles. The largest absolute Gasteiger partial charge is 0.495 e. The van der Waals surface area contributed by atoms with E-state index in [2.05, 4.69) is 27.1 Å². The van der Waals surface area contributed by atoms with Gasteiger partial charge in [-0.2, -0.15) is 0 Å². The molecule has 0 aliphatic carbocycles. The zero-order valence-corrected chi connectivity index (χ0v) is 25.0. The van der Waals surface area contributed by atoms with Crippen LogP contribution in [0.4, 0.5) is 11.6 Å². The average molecular weight is 618 g/mol. The molecule has 3 fully saturated rings. The number of aromatic nitrogens is 3. The maximum Gasteiger partial charge on any atom is 0.165 e. The van der Waals surface area contributed by atoms with Crippen LogP contribution in [-0.2, 0) is 9.47 Å². The fourth-order valence-electron chi connectivity index (χ4n) is 5.90. The maximum atomic E-state index is 10.0. The molecule has 224 valence electrons. The van der Waals surface area contributed by atoms with Gasteiger partial charge in [0.05, 0.1) is 66.8 Å². The second kappa shape index (κ2) is 12.0. The molecule has 6 rings (SSSR count). The van der Waals surface area contributed by atoms with Gasteiger partial charge in [-0.15, -0.1) is 0 Å². The summed E-state index contributed by atoms with van der Waals surface area (Å²) in [4.78, 5) is 16.8. The number of hydrogen-bond donors (Lipinski definition) is 3. The van der Waals surface area contributed by atoms with Gasteiger partial charge in [0.1, 0.15) is 29.4 Å². The van der Waals surface area contributed by atoms with Crippen molar-refractivity contribution in [3.05, 3.63) is 41.0 Å². The van der Waals surface area contributed by atoms with Gasteiger partial charge in [-0.1, -0.05) is 29.8 Å². The zero-order valence-electron chi connectivity index (χ0n) is 23.5. The molecule has 3 aliphatic heterocycles. The van der Waals surface area contributed by atoms with Crippen LogP contribution in [0.3, 0.4) is 0 Å². The summed E-state index contributed by atoms with van der Waals surface area (Å²) in [5.41, 5.74) is 1.28. The van der Waals surface area contributed by atoms with E-state index in [9.17, 15) is 5.11 Å². The summed E-state index contributed by atoms with van der Waals surface area (Å²) < 4.78 is 22.3. The molecule has 1 unspecified atom stereocenters. The first kappa shape index (κ1) is 29.2. The van der Waals surface area contributed by atoms with Crippen LogP contribution < -0.4 is 25.0 Å². The summed E-state index contributed by atoms with van der Waals surface area (Å²) in [6, 6.07) is 3.37. The predicted molar refractivity (Wildman–Crippen MR) is 162 cm³/mol. The number of aliphatic hydroxyl groups is 1. The lowest BCUT2D eigenvalue weighted by molar-refractivity contribution is -0.000354. The first-order chi connectivity index (χ1) is 20.3. The van der Waals surface area contributed by atoms with Crippen LogP contribution in [-0.4, -0.2) is 92.1 Å². The van der Waals surface area contributed by atoms with Gasteiger partial charge in [-0.25, -0.2) is 15.0 Å². The molecule has 2 aromatic heterocycles. The lowest BCUT2D eigenvalue weighted by Gasteiger charge is -2.53. The summed E-state index contributed by atoms with van der Waals surface area (Å²) in [7, 11) is 3.06. The lowest BCUT2D eigenvalue weighted by atomic mass is 9.73. The number of anilines is 2. The number of fused-ring (bicyclic) bond motifs is 1. The molecule has 0 radical (unpaired) electrons. The highest BCUT2D eigenvalue weighted by molar-refractivity contribution is 6.41. The van der Waals surface area contributed by atoms with Crippen molar-refractivity contribution in [3.8, 4) is 22.9 Å². The van der Waals surface area contributed by atoms with Gasteiger partial charge in [-0.05, 0) is 25.0 Å². The number of aliphatic hydroxyl groups excluding tert-OH is 1. The van der Waals surface area contributed by atoms with Crippen LogP contribution in [0.25, 0.3) is 22.3 Å². The number of rotatable bonds is 9. The second-order valence-corrected chi connectivity index (χ2v) is 11.7. The van der Waals surface area contributed by atoms with Gasteiger partial charge in [0.2, 0.25) is 0 Å². The molecule has 3 aromatic rings. The minimum Gasteiger partial charge on any atom is -0.495 e. The molecule has 3 aliphatic rings. The third kappa shape index (κ3) is 5.45. The van der Waals surface area contributed by atoms with E-state index in [0.29, 0.717) is 57.5 Å². The smallest absolute Gasteiger partial charge is 0.165 e. The molecule has 0 saturated carbocycles. The van der Waals surface area contributed by atoms with E-state index in [4.69, 9.17) is 52.1 Å². The van der Waals surface area contributed by atoms with Crippen molar-refractivity contribution in [3.63, 3.8) is 0 Å². The Kier molecular flexibility index (Phi) is 8.32. The van der Waals surface area contributed by atoms with Crippen molar-refractivity contribution < 1.29 is 24.1 Å². The van der Waals surface area contributed by atoms with Crippen molar-refractivity contribution in [1.82, 2.24) is 20.3 Å². The molecule has 5 heterocycles. The Balaban J connectivity index is 1.41. The summed E-state index contributed by atoms with van der Waals surface area (Å²) in [5.74, 6) is 2.59. The number of pyridine rings is 1. The Hall–Kier alpha value is -2.93. The molecule has 13 heteroatoms. The number of nitrogens with zero attached hydrogens (tertiary/aromatic N) is 4. The average Bonchev–Trinajstić information content (AvgIpc) is 3.42. The van der Waals surface area contributed by atoms with Crippen molar-refractivity contribution in [2.24, 2.45) is 5.41 Å². The summed E-state index contributed by atoms with van der Waals surface area (Å²) >= 11 is 13.5. The molecule has 3 atom stereocenters. The van der Waals surface area contributed by atoms with Gasteiger partial charge in [0.15, 0.2) is 5.82 Å². The molecule has 3 N–H and O–H groups in total. The predicted octanol–water partition coefficient (Wildman–Crippen LogP) is 3.91. The van der Waals surface area contributed by atoms with Crippen molar-refractivity contribution in [2.75, 3.05) is 64.0 Å². The number of halogens is 2. The van der Waals surface area contributed by atoms with Crippen LogP contribution in [0.1, 0.15) is 12.8 Å². The van der Waals surface area contributed by atoms with Crippen molar-refractivity contribution >= 4 is 45.7 Å². The van der Waals surface area contributed by atoms with E-state index in [1.807, 2.05) is 6.07 Å². The molecule has 42 heavy (non-hydrogen) atoms. The van der Waals surface area contributed by atoms with Gasteiger partial charge in [-0.3, -0.25) is 5.32 Å². The summed E-state index contributed by atoms with van der Waals surface area (Å²) in [5, 5.41) is 18.0. The van der Waals surface area contributed by atoms with Crippen molar-refractivity contribution in [1.29, 1.82) is 0 Å². The Morgan fingerprint density at radius 3 is 2.43 bits per heavy atom. The van der Waals surface area contributed by atoms with E-state index < -0.39 is 6.23 Å². The first-order valence-corrected chi connectivity index (χ1v) is 14.6. The van der Waals surface area contributed by atoms with Crippen LogP contribution in [0.5, 0.6) is 11.5 Å². The number of hydrogen-bond acceptors (Lipinski definition) is 11. The number of ether oxygens (including phenoxy) is 4. The van der Waals surface area contributed by atoms with E-state index in [-0.39, 0.29) is 17.5 Å².